The fraction of sp³-hybridized carbons (Fsp3) is 0.0909. The minimum Gasteiger partial charge on any atom is -0.430 e. The summed E-state index contributed by atoms with van der Waals surface area (Å²) in [4.78, 5) is 0. The molecule has 0 bridgehead atoms. The van der Waals surface area contributed by atoms with Crippen LogP contribution in [-0.4, -0.2) is 0 Å². The number of allylic oxidation sites excluding steroid dienone is 6. The van der Waals surface area contributed by atoms with Crippen molar-refractivity contribution >= 4 is 8.67 Å². The smallest absolute Gasteiger partial charge is 0.200 e. The summed E-state index contributed by atoms with van der Waals surface area (Å²) in [5, 5.41) is 0. The van der Waals surface area contributed by atoms with Crippen molar-refractivity contribution in [1.29, 1.82) is 0 Å². The van der Waals surface area contributed by atoms with E-state index in [9.17, 15) is 0 Å². The summed E-state index contributed by atoms with van der Waals surface area (Å²) in [5.74, 6) is 0. The molecule has 0 aliphatic heterocycles. The van der Waals surface area contributed by atoms with Crippen LogP contribution in [-0.2, 0) is 0 Å². The maximum Gasteiger partial charge on any atom is 0.200 e. The Morgan fingerprint density at radius 2 is 1.36 bits per heavy atom. The lowest BCUT2D eigenvalue weighted by molar-refractivity contribution is 0.609. The van der Waals surface area contributed by atoms with E-state index in [0.717, 1.165) is 6.42 Å². The summed E-state index contributed by atoms with van der Waals surface area (Å²) in [6.45, 7) is 0. The summed E-state index contributed by atoms with van der Waals surface area (Å²) >= 11 is 0. The highest BCUT2D eigenvalue weighted by Gasteiger charge is 1.70. The highest BCUT2D eigenvalue weighted by Crippen LogP contribution is 1.96. The topological polar surface area (TPSA) is 26.3 Å². The SMILES string of the molecule is C1=CC=CCC=C1.c1cco[pH]oc1. The van der Waals surface area contributed by atoms with Gasteiger partial charge in [0.2, 0.25) is 0 Å². The van der Waals surface area contributed by atoms with Crippen LogP contribution < -0.4 is 0 Å². The minimum absolute atomic E-state index is 0.121. The van der Waals surface area contributed by atoms with Crippen molar-refractivity contribution in [3.8, 4) is 0 Å². The molecule has 1 aliphatic carbocycles. The third-order valence-electron chi connectivity index (χ3n) is 1.38. The van der Waals surface area contributed by atoms with E-state index < -0.39 is 0 Å². The van der Waals surface area contributed by atoms with E-state index in [2.05, 4.69) is 24.3 Å². The van der Waals surface area contributed by atoms with Gasteiger partial charge in [0.25, 0.3) is 0 Å². The Morgan fingerprint density at radius 1 is 0.786 bits per heavy atom. The monoisotopic (exact) mass is 208 g/mol. The fourth-order valence-electron chi connectivity index (χ4n) is 0.774. The molecular formula is C11H13O2P. The van der Waals surface area contributed by atoms with Gasteiger partial charge in [-0.1, -0.05) is 36.5 Å². The van der Waals surface area contributed by atoms with Crippen molar-refractivity contribution in [2.24, 2.45) is 0 Å². The molecule has 0 fully saturated rings. The van der Waals surface area contributed by atoms with Crippen LogP contribution in [0.4, 0.5) is 0 Å². The molecular weight excluding hydrogens is 195 g/mol. The predicted molar refractivity (Wildman–Crippen MR) is 60.1 cm³/mol. The number of rotatable bonds is 0. The van der Waals surface area contributed by atoms with Crippen LogP contribution in [0.25, 0.3) is 0 Å². The Bertz CT molecular complexity index is 272. The van der Waals surface area contributed by atoms with Crippen LogP contribution in [0.1, 0.15) is 6.42 Å². The summed E-state index contributed by atoms with van der Waals surface area (Å²) in [6, 6.07) is 3.56. The average molecular weight is 208 g/mol. The summed E-state index contributed by atoms with van der Waals surface area (Å²) < 4.78 is 9.51. The lowest BCUT2D eigenvalue weighted by atomic mass is 10.4. The maximum absolute atomic E-state index is 4.76. The van der Waals surface area contributed by atoms with Gasteiger partial charge in [-0.2, -0.15) is 0 Å². The molecule has 1 aromatic heterocycles. The van der Waals surface area contributed by atoms with Crippen LogP contribution >= 0.6 is 8.67 Å². The van der Waals surface area contributed by atoms with Crippen molar-refractivity contribution < 1.29 is 8.39 Å². The molecule has 0 spiro atoms. The normalized spacial score (nSPS) is 12.6. The number of hydrogen-bond donors (Lipinski definition) is 0. The third kappa shape index (κ3) is 6.15. The fourth-order valence-corrected chi connectivity index (χ4v) is 1.10. The molecule has 14 heavy (non-hydrogen) atoms. The minimum atomic E-state index is 0.121. The summed E-state index contributed by atoms with van der Waals surface area (Å²) in [6.07, 6.45) is 16.7. The molecule has 0 radical (unpaired) electrons. The van der Waals surface area contributed by atoms with E-state index in [1.54, 1.807) is 24.7 Å². The first kappa shape index (κ1) is 10.7. The van der Waals surface area contributed by atoms with Crippen LogP contribution in [0.5, 0.6) is 0 Å². The molecule has 0 aromatic carbocycles. The quantitative estimate of drug-likeness (QED) is 0.641. The zero-order chi connectivity index (χ0) is 9.90. The van der Waals surface area contributed by atoms with E-state index in [0.29, 0.717) is 0 Å². The Hall–Kier alpha value is -1.40. The molecule has 0 N–H and O–H groups in total. The van der Waals surface area contributed by atoms with Gasteiger partial charge in [0.15, 0.2) is 8.67 Å². The van der Waals surface area contributed by atoms with Gasteiger partial charge in [0, 0.05) is 0 Å². The van der Waals surface area contributed by atoms with Gasteiger partial charge in [-0.25, -0.2) is 0 Å². The van der Waals surface area contributed by atoms with Gasteiger partial charge in [0.05, 0.1) is 12.5 Å². The average Bonchev–Trinajstić information content (AvgIpc) is 2.68. The Labute approximate surface area is 85.2 Å². The third-order valence-corrected chi connectivity index (χ3v) is 1.84. The van der Waals surface area contributed by atoms with Gasteiger partial charge in [0.1, 0.15) is 0 Å². The Kier molecular flexibility index (Phi) is 6.26. The molecule has 1 heterocycles. The zero-order valence-electron chi connectivity index (χ0n) is 7.80. The van der Waals surface area contributed by atoms with Gasteiger partial charge in [-0.05, 0) is 18.6 Å². The first-order chi connectivity index (χ1) is 7.00. The largest absolute Gasteiger partial charge is 0.430 e. The van der Waals surface area contributed by atoms with Gasteiger partial charge >= 0.3 is 0 Å². The first-order valence-corrected chi connectivity index (χ1v) is 5.18. The highest BCUT2D eigenvalue weighted by atomic mass is 31.1. The molecule has 2 rings (SSSR count). The van der Waals surface area contributed by atoms with Crippen molar-refractivity contribution in [1.82, 2.24) is 0 Å². The van der Waals surface area contributed by atoms with Crippen LogP contribution in [0.15, 0.2) is 69.5 Å². The second-order valence-electron chi connectivity index (χ2n) is 2.45. The van der Waals surface area contributed by atoms with E-state index in [1.165, 1.54) is 0 Å². The van der Waals surface area contributed by atoms with E-state index >= 15 is 0 Å². The molecule has 0 amide bonds. The van der Waals surface area contributed by atoms with E-state index in [-0.39, 0.29) is 8.67 Å². The van der Waals surface area contributed by atoms with Crippen molar-refractivity contribution in [2.75, 3.05) is 0 Å². The van der Waals surface area contributed by atoms with Gasteiger partial charge in [-0.3, -0.25) is 0 Å². The van der Waals surface area contributed by atoms with E-state index in [1.807, 2.05) is 12.2 Å². The van der Waals surface area contributed by atoms with Crippen molar-refractivity contribution in [2.45, 2.75) is 6.42 Å². The van der Waals surface area contributed by atoms with E-state index in [4.69, 9.17) is 8.39 Å². The number of hydrogen-bond acceptors (Lipinski definition) is 2. The van der Waals surface area contributed by atoms with Crippen molar-refractivity contribution in [3.05, 3.63) is 61.1 Å². The maximum atomic E-state index is 4.76. The van der Waals surface area contributed by atoms with Gasteiger partial charge in [-0.15, -0.1) is 0 Å². The molecule has 1 aliphatic rings. The standard InChI is InChI=1S/C7H8.C4H5O2P/c2*1-2-4-6-7-5-3-1/h1-6H,7H2;1-4,7H. The summed E-state index contributed by atoms with van der Waals surface area (Å²) in [5.41, 5.74) is 0. The van der Waals surface area contributed by atoms with Crippen LogP contribution in [0.3, 0.4) is 0 Å². The highest BCUT2D eigenvalue weighted by molar-refractivity contribution is 7.15. The van der Waals surface area contributed by atoms with Crippen molar-refractivity contribution in [3.63, 3.8) is 0 Å². The second-order valence-corrected chi connectivity index (χ2v) is 3.09. The molecule has 0 saturated carbocycles. The molecule has 3 heteroatoms. The lowest BCUT2D eigenvalue weighted by Crippen LogP contribution is -1.48. The molecule has 0 atom stereocenters. The Balaban J connectivity index is 0.000000140. The molecule has 0 saturated heterocycles. The molecule has 1 aromatic rings. The molecule has 0 unspecified atom stereocenters. The van der Waals surface area contributed by atoms with Crippen LogP contribution in [0.2, 0.25) is 0 Å². The Morgan fingerprint density at radius 3 is 1.93 bits per heavy atom. The molecule has 74 valence electrons. The van der Waals surface area contributed by atoms with Gasteiger partial charge < -0.3 is 8.39 Å². The van der Waals surface area contributed by atoms with Crippen LogP contribution in [0, 0.1) is 0 Å². The second kappa shape index (κ2) is 8.21. The first-order valence-electron chi connectivity index (χ1n) is 4.36. The molecule has 2 nitrogen and oxygen atoms in total. The summed E-state index contributed by atoms with van der Waals surface area (Å²) in [7, 11) is 0.121. The zero-order valence-corrected chi connectivity index (χ0v) is 8.80. The lowest BCUT2D eigenvalue weighted by Gasteiger charge is -1.69. The predicted octanol–water partition coefficient (Wildman–Crippen LogP) is 4.09.